The van der Waals surface area contributed by atoms with E-state index >= 15 is 0 Å². The Bertz CT molecular complexity index is 1030. The van der Waals surface area contributed by atoms with Gasteiger partial charge in [-0.15, -0.1) is 0 Å². The second kappa shape index (κ2) is 8.75. The lowest BCUT2D eigenvalue weighted by molar-refractivity contribution is -0.182. The highest BCUT2D eigenvalue weighted by Crippen LogP contribution is 2.25. The van der Waals surface area contributed by atoms with Crippen molar-refractivity contribution in [3.63, 3.8) is 0 Å². The molecule has 2 aromatic rings. The third kappa shape index (κ3) is 4.84. The molecule has 0 spiro atoms. The number of aromatic nitrogens is 1. The number of carbonyl (C=O) groups is 1. The van der Waals surface area contributed by atoms with Crippen molar-refractivity contribution in [1.82, 2.24) is 9.88 Å². The number of halogens is 3. The predicted molar refractivity (Wildman–Crippen MR) is 114 cm³/mol. The molecule has 0 fully saturated rings. The highest BCUT2D eigenvalue weighted by Gasteiger charge is 2.42. The van der Waals surface area contributed by atoms with E-state index in [4.69, 9.17) is 0 Å². The number of benzene rings is 1. The van der Waals surface area contributed by atoms with Gasteiger partial charge in [0.2, 0.25) is 0 Å². The molecule has 1 aromatic heterocycles. The molecule has 0 saturated carbocycles. The average Bonchev–Trinajstić information content (AvgIpc) is 2.80. The molecule has 31 heavy (non-hydrogen) atoms. The number of hydrogen-bond donors (Lipinski definition) is 0. The molecule has 3 heterocycles. The fourth-order valence-corrected chi connectivity index (χ4v) is 3.64. The first-order valence-electron chi connectivity index (χ1n) is 10.0. The predicted octanol–water partition coefficient (Wildman–Crippen LogP) is 4.43. The van der Waals surface area contributed by atoms with Gasteiger partial charge in [0.05, 0.1) is 5.71 Å². The van der Waals surface area contributed by atoms with E-state index in [0.29, 0.717) is 4.90 Å². The molecule has 8 heteroatoms. The SMILES string of the molecule is O=C(N1C=CN(c2ccc(/C=C3\CCCN=C3c3cccnc3)cc2)CC1)C(F)(F)F. The molecule has 5 nitrogen and oxygen atoms in total. The Kier molecular flexibility index (Phi) is 5.88. The summed E-state index contributed by atoms with van der Waals surface area (Å²) in [7, 11) is 0. The van der Waals surface area contributed by atoms with Crippen molar-refractivity contribution >= 4 is 23.4 Å². The zero-order valence-electron chi connectivity index (χ0n) is 16.7. The highest BCUT2D eigenvalue weighted by atomic mass is 19.4. The van der Waals surface area contributed by atoms with Crippen molar-refractivity contribution in [1.29, 1.82) is 0 Å². The zero-order valence-corrected chi connectivity index (χ0v) is 16.7. The van der Waals surface area contributed by atoms with Gasteiger partial charge in [-0.3, -0.25) is 14.8 Å². The summed E-state index contributed by atoms with van der Waals surface area (Å²) in [4.78, 5) is 22.7. The number of alkyl halides is 3. The van der Waals surface area contributed by atoms with Gasteiger partial charge in [-0.2, -0.15) is 13.2 Å². The van der Waals surface area contributed by atoms with E-state index in [1.165, 1.54) is 12.4 Å². The number of rotatable bonds is 3. The molecule has 0 unspecified atom stereocenters. The van der Waals surface area contributed by atoms with Crippen LogP contribution in [0.2, 0.25) is 0 Å². The van der Waals surface area contributed by atoms with Crippen LogP contribution in [0.15, 0.2) is 71.8 Å². The van der Waals surface area contributed by atoms with Crippen molar-refractivity contribution in [2.75, 3.05) is 24.5 Å². The molecule has 0 saturated heterocycles. The van der Waals surface area contributed by atoms with Crippen molar-refractivity contribution < 1.29 is 18.0 Å². The van der Waals surface area contributed by atoms with Gasteiger partial charge in [-0.1, -0.05) is 12.1 Å². The van der Waals surface area contributed by atoms with E-state index in [0.717, 1.165) is 47.5 Å². The Morgan fingerprint density at radius 2 is 1.87 bits per heavy atom. The van der Waals surface area contributed by atoms with Crippen LogP contribution in [0.25, 0.3) is 6.08 Å². The van der Waals surface area contributed by atoms with Gasteiger partial charge in [0, 0.05) is 55.7 Å². The Hall–Kier alpha value is -3.42. The van der Waals surface area contributed by atoms with Gasteiger partial charge in [0.15, 0.2) is 0 Å². The smallest absolute Gasteiger partial charge is 0.345 e. The summed E-state index contributed by atoms with van der Waals surface area (Å²) in [6, 6.07) is 11.7. The quantitative estimate of drug-likeness (QED) is 0.730. The van der Waals surface area contributed by atoms with Crippen LogP contribution in [0.5, 0.6) is 0 Å². The summed E-state index contributed by atoms with van der Waals surface area (Å²) in [5.74, 6) is -1.84. The number of pyridine rings is 1. The van der Waals surface area contributed by atoms with Crippen LogP contribution in [-0.4, -0.2) is 47.3 Å². The van der Waals surface area contributed by atoms with Gasteiger partial charge < -0.3 is 9.80 Å². The van der Waals surface area contributed by atoms with E-state index < -0.39 is 12.1 Å². The minimum atomic E-state index is -4.86. The first-order valence-corrected chi connectivity index (χ1v) is 10.0. The Morgan fingerprint density at radius 1 is 1.06 bits per heavy atom. The maximum absolute atomic E-state index is 12.6. The summed E-state index contributed by atoms with van der Waals surface area (Å²) < 4.78 is 37.7. The number of hydrogen-bond acceptors (Lipinski definition) is 4. The van der Waals surface area contributed by atoms with Crippen LogP contribution in [0.3, 0.4) is 0 Å². The number of allylic oxidation sites excluding steroid dienone is 1. The van der Waals surface area contributed by atoms with Gasteiger partial charge in [-0.25, -0.2) is 0 Å². The molecular formula is C23H21F3N4O. The topological polar surface area (TPSA) is 48.8 Å². The molecule has 4 rings (SSSR count). The maximum Gasteiger partial charge on any atom is 0.471 e. The largest absolute Gasteiger partial charge is 0.471 e. The highest BCUT2D eigenvalue weighted by molar-refractivity contribution is 6.15. The van der Waals surface area contributed by atoms with Crippen molar-refractivity contribution in [2.24, 2.45) is 4.99 Å². The summed E-state index contributed by atoms with van der Waals surface area (Å²) in [6.45, 7) is 1.07. The summed E-state index contributed by atoms with van der Waals surface area (Å²) in [6.07, 6.45) is 5.41. The normalized spacial score (nSPS) is 18.3. The van der Waals surface area contributed by atoms with E-state index in [9.17, 15) is 18.0 Å². The van der Waals surface area contributed by atoms with Crippen LogP contribution in [0.4, 0.5) is 18.9 Å². The number of amides is 1. The fourth-order valence-electron chi connectivity index (χ4n) is 3.64. The van der Waals surface area contributed by atoms with Crippen molar-refractivity contribution in [2.45, 2.75) is 19.0 Å². The van der Waals surface area contributed by atoms with E-state index in [1.54, 1.807) is 6.20 Å². The van der Waals surface area contributed by atoms with Gasteiger partial charge in [0.25, 0.3) is 0 Å². The monoisotopic (exact) mass is 426 g/mol. The van der Waals surface area contributed by atoms with Gasteiger partial charge >= 0.3 is 12.1 Å². The Morgan fingerprint density at radius 3 is 2.52 bits per heavy atom. The first kappa shape index (κ1) is 20.8. The lowest BCUT2D eigenvalue weighted by atomic mass is 9.95. The van der Waals surface area contributed by atoms with Crippen LogP contribution in [0, 0.1) is 0 Å². The second-order valence-electron chi connectivity index (χ2n) is 7.32. The zero-order chi connectivity index (χ0) is 21.8. The van der Waals surface area contributed by atoms with E-state index in [2.05, 4.69) is 16.1 Å². The molecule has 0 aliphatic carbocycles. The first-order chi connectivity index (χ1) is 14.9. The standard InChI is InChI=1S/C23H21F3N4O/c24-23(25,26)22(31)30-13-11-29(12-14-30)20-7-5-17(6-8-20)15-18-3-2-10-28-21(18)19-4-1-9-27-16-19/h1,4-9,11,13,15-16H,2-3,10,12,14H2/b18-15+. The van der Waals surface area contributed by atoms with Crippen LogP contribution < -0.4 is 4.90 Å². The molecule has 2 aliphatic rings. The average molecular weight is 426 g/mol. The summed E-state index contributed by atoms with van der Waals surface area (Å²) in [5, 5.41) is 0. The molecule has 0 bridgehead atoms. The summed E-state index contributed by atoms with van der Waals surface area (Å²) >= 11 is 0. The Balaban J connectivity index is 1.48. The summed E-state index contributed by atoms with van der Waals surface area (Å²) in [5.41, 5.74) is 5.00. The molecule has 0 N–H and O–H groups in total. The van der Waals surface area contributed by atoms with Crippen LogP contribution in [0.1, 0.15) is 24.0 Å². The molecule has 0 atom stereocenters. The van der Waals surface area contributed by atoms with Crippen LogP contribution >= 0.6 is 0 Å². The second-order valence-corrected chi connectivity index (χ2v) is 7.32. The van der Waals surface area contributed by atoms with Gasteiger partial charge in [-0.05, 0) is 54.3 Å². The lowest BCUT2D eigenvalue weighted by Gasteiger charge is -2.30. The number of anilines is 1. The minimum absolute atomic E-state index is 0.0222. The molecule has 160 valence electrons. The Labute approximate surface area is 178 Å². The number of carbonyl (C=O) groups excluding carboxylic acids is 1. The van der Waals surface area contributed by atoms with Crippen molar-refractivity contribution in [3.05, 3.63) is 77.9 Å². The number of aliphatic imine (C=N–C) groups is 1. The van der Waals surface area contributed by atoms with Crippen molar-refractivity contribution in [3.8, 4) is 0 Å². The minimum Gasteiger partial charge on any atom is -0.345 e. The molecule has 2 aliphatic heterocycles. The lowest BCUT2D eigenvalue weighted by Crippen LogP contribution is -2.44. The molecule has 1 amide bonds. The third-order valence-corrected chi connectivity index (χ3v) is 5.19. The fraction of sp³-hybridized carbons (Fsp3) is 0.261. The molecule has 1 aromatic carbocycles. The van der Waals surface area contributed by atoms with E-state index in [-0.39, 0.29) is 13.1 Å². The van der Waals surface area contributed by atoms with E-state index in [1.807, 2.05) is 47.5 Å². The third-order valence-electron chi connectivity index (χ3n) is 5.19. The van der Waals surface area contributed by atoms with Crippen LogP contribution in [-0.2, 0) is 4.79 Å². The maximum atomic E-state index is 12.6. The molecular weight excluding hydrogens is 405 g/mol. The molecule has 0 radical (unpaired) electrons. The van der Waals surface area contributed by atoms with Gasteiger partial charge in [0.1, 0.15) is 0 Å². The number of nitrogens with zero attached hydrogens (tertiary/aromatic N) is 4.